The predicted octanol–water partition coefficient (Wildman–Crippen LogP) is 4.64. The SMILES string of the molecule is Cc1ccc(N=C(c2ccccc2)c2cnn(C)c2)c(O[Si](C)C)c1.[H+]. The van der Waals surface area contributed by atoms with Crippen LogP contribution >= 0.6 is 0 Å². The van der Waals surface area contributed by atoms with E-state index in [1.165, 1.54) is 5.56 Å². The molecule has 3 aromatic rings. The minimum atomic E-state index is -0.870. The molecule has 5 heteroatoms. The number of aryl methyl sites for hydroxylation is 2. The summed E-state index contributed by atoms with van der Waals surface area (Å²) in [4.78, 5) is 4.96. The first-order chi connectivity index (χ1) is 12.0. The Morgan fingerprint density at radius 1 is 1.12 bits per heavy atom. The number of nitrogens with zero attached hydrogens (tertiary/aromatic N) is 3. The van der Waals surface area contributed by atoms with Gasteiger partial charge in [-0.1, -0.05) is 36.4 Å². The first-order valence-corrected chi connectivity index (χ1v) is 10.7. The Kier molecular flexibility index (Phi) is 5.14. The second-order valence-electron chi connectivity index (χ2n) is 6.21. The summed E-state index contributed by atoms with van der Waals surface area (Å²) in [6.07, 6.45) is 3.82. The van der Waals surface area contributed by atoms with E-state index >= 15 is 0 Å². The summed E-state index contributed by atoms with van der Waals surface area (Å²) in [7, 11) is 1.04. The van der Waals surface area contributed by atoms with Gasteiger partial charge in [-0.25, -0.2) is 4.99 Å². The Balaban J connectivity index is 0.00000243. The van der Waals surface area contributed by atoms with Gasteiger partial charge in [-0.3, -0.25) is 4.68 Å². The summed E-state index contributed by atoms with van der Waals surface area (Å²) >= 11 is 0. The van der Waals surface area contributed by atoms with Gasteiger partial charge in [0.2, 0.25) is 0 Å². The lowest BCUT2D eigenvalue weighted by atomic mass is 10.1. The number of aliphatic imine (C=N–C) groups is 1. The van der Waals surface area contributed by atoms with Gasteiger partial charge in [0.15, 0.2) is 0 Å². The van der Waals surface area contributed by atoms with E-state index in [1.807, 2.05) is 43.7 Å². The van der Waals surface area contributed by atoms with Crippen LogP contribution < -0.4 is 4.43 Å². The van der Waals surface area contributed by atoms with Gasteiger partial charge in [-0.05, 0) is 37.7 Å². The van der Waals surface area contributed by atoms with E-state index in [1.54, 1.807) is 4.68 Å². The third-order valence-corrected chi connectivity index (χ3v) is 4.32. The minimum Gasteiger partial charge on any atom is -0.541 e. The third kappa shape index (κ3) is 4.25. The molecule has 4 nitrogen and oxygen atoms in total. The molecule has 0 aliphatic carbocycles. The standard InChI is InChI=1S/C20H22N3OSi/c1-15-10-11-18(19(12-15)24-25(3)4)22-20(16-8-6-5-7-9-16)17-13-21-23(2)14-17/h5-14H,1-4H3/p+1. The van der Waals surface area contributed by atoms with E-state index < -0.39 is 9.04 Å². The Morgan fingerprint density at radius 2 is 1.88 bits per heavy atom. The van der Waals surface area contributed by atoms with Crippen LogP contribution in [0.25, 0.3) is 0 Å². The average molecular weight is 350 g/mol. The maximum Gasteiger partial charge on any atom is 1.00 e. The molecule has 0 unspecified atom stereocenters. The number of aromatic nitrogens is 2. The maximum absolute atomic E-state index is 6.08. The van der Waals surface area contributed by atoms with Gasteiger partial charge in [0.05, 0.1) is 11.9 Å². The minimum absolute atomic E-state index is 0. The lowest BCUT2D eigenvalue weighted by Crippen LogP contribution is -2.11. The molecular formula is C20H23N3OSi+. The van der Waals surface area contributed by atoms with Crippen LogP contribution in [0.2, 0.25) is 13.1 Å². The van der Waals surface area contributed by atoms with Gasteiger partial charge in [-0.2, -0.15) is 5.10 Å². The van der Waals surface area contributed by atoms with Crippen molar-refractivity contribution in [2.75, 3.05) is 0 Å². The van der Waals surface area contributed by atoms with E-state index in [9.17, 15) is 0 Å². The van der Waals surface area contributed by atoms with Crippen molar-refractivity contribution >= 4 is 20.4 Å². The molecule has 0 fully saturated rings. The predicted molar refractivity (Wildman–Crippen MR) is 105 cm³/mol. The highest BCUT2D eigenvalue weighted by molar-refractivity contribution is 6.49. The summed E-state index contributed by atoms with van der Waals surface area (Å²) in [5.41, 5.74) is 4.95. The molecule has 1 heterocycles. The molecular weight excluding hydrogens is 326 g/mol. The molecule has 0 bridgehead atoms. The van der Waals surface area contributed by atoms with Gasteiger partial charge in [-0.15, -0.1) is 0 Å². The highest BCUT2D eigenvalue weighted by Crippen LogP contribution is 2.30. The smallest absolute Gasteiger partial charge is 0.541 e. The van der Waals surface area contributed by atoms with Crippen LogP contribution in [0.15, 0.2) is 65.9 Å². The Hall–Kier alpha value is -2.66. The fourth-order valence-electron chi connectivity index (χ4n) is 2.57. The van der Waals surface area contributed by atoms with E-state index in [-0.39, 0.29) is 1.43 Å². The number of benzene rings is 2. The molecule has 127 valence electrons. The summed E-state index contributed by atoms with van der Waals surface area (Å²) in [6, 6.07) is 16.3. The summed E-state index contributed by atoms with van der Waals surface area (Å²) in [6.45, 7) is 6.32. The van der Waals surface area contributed by atoms with Gasteiger partial charge >= 0.3 is 1.43 Å². The van der Waals surface area contributed by atoms with Crippen LogP contribution in [0.1, 0.15) is 18.1 Å². The highest BCUT2D eigenvalue weighted by Gasteiger charge is 2.12. The molecule has 0 saturated heterocycles. The Bertz CT molecular complexity index is 891. The lowest BCUT2D eigenvalue weighted by Gasteiger charge is -2.13. The molecule has 0 saturated carbocycles. The van der Waals surface area contributed by atoms with E-state index in [0.29, 0.717) is 0 Å². The van der Waals surface area contributed by atoms with Crippen molar-refractivity contribution in [1.82, 2.24) is 9.78 Å². The summed E-state index contributed by atoms with van der Waals surface area (Å²) in [5, 5.41) is 4.30. The molecule has 0 aliphatic rings. The number of rotatable bonds is 5. The molecule has 0 spiro atoms. The van der Waals surface area contributed by atoms with Crippen molar-refractivity contribution < 1.29 is 5.85 Å². The van der Waals surface area contributed by atoms with E-state index in [0.717, 1.165) is 28.3 Å². The van der Waals surface area contributed by atoms with Crippen LogP contribution in [-0.2, 0) is 7.05 Å². The first kappa shape index (κ1) is 17.2. The van der Waals surface area contributed by atoms with Crippen LogP contribution in [0.3, 0.4) is 0 Å². The highest BCUT2D eigenvalue weighted by atomic mass is 28.3. The fraction of sp³-hybridized carbons (Fsp3) is 0.200. The zero-order valence-corrected chi connectivity index (χ0v) is 16.0. The number of hydrogen-bond donors (Lipinski definition) is 0. The normalized spacial score (nSPS) is 11.8. The zero-order valence-electron chi connectivity index (χ0n) is 16.0. The van der Waals surface area contributed by atoms with Crippen LogP contribution in [0.4, 0.5) is 5.69 Å². The molecule has 0 aliphatic heterocycles. The second kappa shape index (κ2) is 7.48. The Labute approximate surface area is 152 Å². The van der Waals surface area contributed by atoms with Gasteiger partial charge < -0.3 is 4.43 Å². The molecule has 25 heavy (non-hydrogen) atoms. The van der Waals surface area contributed by atoms with Gasteiger partial charge in [0.1, 0.15) is 11.4 Å². The molecule has 0 amide bonds. The van der Waals surface area contributed by atoms with Crippen molar-refractivity contribution in [1.29, 1.82) is 0 Å². The fourth-order valence-corrected chi connectivity index (χ4v) is 3.17. The van der Waals surface area contributed by atoms with Crippen molar-refractivity contribution in [2.24, 2.45) is 12.0 Å². The molecule has 3 rings (SSSR count). The maximum atomic E-state index is 6.08. The molecule has 0 atom stereocenters. The lowest BCUT2D eigenvalue weighted by molar-refractivity contribution is 0.581. The third-order valence-electron chi connectivity index (χ3n) is 3.69. The van der Waals surface area contributed by atoms with Crippen molar-refractivity contribution in [3.8, 4) is 5.75 Å². The Morgan fingerprint density at radius 3 is 2.52 bits per heavy atom. The van der Waals surface area contributed by atoms with Gasteiger partial charge in [0, 0.05) is 24.4 Å². The average Bonchev–Trinajstić information content (AvgIpc) is 3.00. The van der Waals surface area contributed by atoms with Crippen LogP contribution in [-0.4, -0.2) is 24.5 Å². The van der Waals surface area contributed by atoms with Crippen LogP contribution in [0.5, 0.6) is 5.75 Å². The van der Waals surface area contributed by atoms with E-state index in [2.05, 4.69) is 49.4 Å². The molecule has 2 aromatic carbocycles. The first-order valence-electron chi connectivity index (χ1n) is 8.25. The topological polar surface area (TPSA) is 39.4 Å². The second-order valence-corrected chi connectivity index (χ2v) is 8.23. The summed E-state index contributed by atoms with van der Waals surface area (Å²) < 4.78 is 7.87. The van der Waals surface area contributed by atoms with Crippen molar-refractivity contribution in [2.45, 2.75) is 20.0 Å². The zero-order chi connectivity index (χ0) is 17.8. The van der Waals surface area contributed by atoms with E-state index in [4.69, 9.17) is 9.42 Å². The van der Waals surface area contributed by atoms with Gasteiger partial charge in [0.25, 0.3) is 9.04 Å². The molecule has 0 N–H and O–H groups in total. The number of hydrogen-bond acceptors (Lipinski definition) is 3. The monoisotopic (exact) mass is 349 g/mol. The molecule has 1 radical (unpaired) electrons. The van der Waals surface area contributed by atoms with Crippen molar-refractivity contribution in [3.63, 3.8) is 0 Å². The quantitative estimate of drug-likeness (QED) is 0.497. The summed E-state index contributed by atoms with van der Waals surface area (Å²) in [5.74, 6) is 0.844. The largest absolute Gasteiger partial charge is 1.00 e. The molecule has 1 aromatic heterocycles. The van der Waals surface area contributed by atoms with Crippen LogP contribution in [0, 0.1) is 6.92 Å². The van der Waals surface area contributed by atoms with Crippen molar-refractivity contribution in [3.05, 3.63) is 77.6 Å².